The number of halogens is 3. The maximum Gasteiger partial charge on any atom is 0.351 e. The van der Waals surface area contributed by atoms with E-state index in [0.29, 0.717) is 27.1 Å². The predicted octanol–water partition coefficient (Wildman–Crippen LogP) is 5.52. The smallest absolute Gasteiger partial charge is 0.351 e. The Balaban J connectivity index is 2.07. The van der Waals surface area contributed by atoms with Crippen LogP contribution in [0.25, 0.3) is 11.6 Å². The molecule has 3 rings (SSSR count). The highest BCUT2D eigenvalue weighted by atomic mass is 79.9. The van der Waals surface area contributed by atoms with Gasteiger partial charge in [0.1, 0.15) is 21.7 Å². The Hall–Kier alpha value is -1.76. The van der Waals surface area contributed by atoms with Crippen molar-refractivity contribution in [3.63, 3.8) is 0 Å². The normalized spacial score (nSPS) is 15.7. The van der Waals surface area contributed by atoms with Crippen molar-refractivity contribution in [3.05, 3.63) is 67.3 Å². The van der Waals surface area contributed by atoms with Crippen LogP contribution in [-0.4, -0.2) is 18.2 Å². The Labute approximate surface area is 166 Å². The highest BCUT2D eigenvalue weighted by Gasteiger charge is 2.29. The molecule has 2 aromatic rings. The third-order valence-electron chi connectivity index (χ3n) is 3.56. The molecular weight excluding hydrogens is 475 g/mol. The molecule has 0 unspecified atom stereocenters. The number of benzene rings is 2. The maximum absolute atomic E-state index is 12.0. The minimum Gasteiger partial charge on any atom is -0.506 e. The zero-order chi connectivity index (χ0) is 18.1. The molecule has 0 saturated carbocycles. The molecule has 4 nitrogen and oxygen atoms in total. The molecule has 1 aliphatic rings. The summed E-state index contributed by atoms with van der Waals surface area (Å²) in [7, 11) is 1.59. The number of carbonyl (C=O) groups is 1. The Morgan fingerprint density at radius 3 is 2.60 bits per heavy atom. The number of rotatable bonds is 3. The first kappa shape index (κ1) is 18.0. The Morgan fingerprint density at radius 2 is 1.96 bits per heavy atom. The largest absolute Gasteiger partial charge is 0.506 e. The standard InChI is InChI=1S/C18H11Br2ClO4/c1-24-14-5-2-9(6-11(14)19)7-15-16(17(20)18(23)25-15)10-3-4-13(22)12(21)8-10/h2-8,22H,1H3/b15-7-. The number of cyclic esters (lactones) is 1. The first-order valence-electron chi connectivity index (χ1n) is 7.07. The molecule has 0 aliphatic carbocycles. The van der Waals surface area contributed by atoms with Crippen LogP contribution < -0.4 is 4.74 Å². The van der Waals surface area contributed by atoms with Crippen molar-refractivity contribution in [2.24, 2.45) is 0 Å². The molecule has 0 fully saturated rings. The topological polar surface area (TPSA) is 55.8 Å². The average molecular weight is 487 g/mol. The summed E-state index contributed by atoms with van der Waals surface area (Å²) in [5.74, 6) is 0.568. The van der Waals surface area contributed by atoms with Crippen LogP contribution in [0.15, 0.2) is 51.1 Å². The number of methoxy groups -OCH3 is 1. The quantitative estimate of drug-likeness (QED) is 0.581. The van der Waals surface area contributed by atoms with Crippen LogP contribution in [0.4, 0.5) is 0 Å². The van der Waals surface area contributed by atoms with E-state index in [0.717, 1.165) is 10.0 Å². The minimum atomic E-state index is -0.488. The lowest BCUT2D eigenvalue weighted by Gasteiger charge is -2.08. The van der Waals surface area contributed by atoms with Crippen LogP contribution in [0.3, 0.4) is 0 Å². The summed E-state index contributed by atoms with van der Waals surface area (Å²) in [6.45, 7) is 0. The van der Waals surface area contributed by atoms with Crippen molar-refractivity contribution < 1.29 is 19.4 Å². The highest BCUT2D eigenvalue weighted by molar-refractivity contribution is 9.12. The molecule has 0 aromatic heterocycles. The molecular formula is C18H11Br2ClO4. The van der Waals surface area contributed by atoms with Gasteiger partial charge in [-0.15, -0.1) is 0 Å². The van der Waals surface area contributed by atoms with Gasteiger partial charge in [0.05, 0.1) is 16.6 Å². The third-order valence-corrected chi connectivity index (χ3v) is 5.20. The fourth-order valence-electron chi connectivity index (χ4n) is 2.36. The highest BCUT2D eigenvalue weighted by Crippen LogP contribution is 2.40. The van der Waals surface area contributed by atoms with E-state index >= 15 is 0 Å². The molecule has 1 N–H and O–H groups in total. The van der Waals surface area contributed by atoms with E-state index in [1.165, 1.54) is 6.07 Å². The van der Waals surface area contributed by atoms with Gasteiger partial charge in [-0.2, -0.15) is 0 Å². The van der Waals surface area contributed by atoms with E-state index in [4.69, 9.17) is 21.1 Å². The molecule has 128 valence electrons. The Morgan fingerprint density at radius 1 is 1.20 bits per heavy atom. The summed E-state index contributed by atoms with van der Waals surface area (Å²) in [6, 6.07) is 10.2. The van der Waals surface area contributed by atoms with Crippen molar-refractivity contribution in [2.45, 2.75) is 0 Å². The molecule has 0 bridgehead atoms. The van der Waals surface area contributed by atoms with Crippen LogP contribution in [0.2, 0.25) is 5.02 Å². The molecule has 0 spiro atoms. The van der Waals surface area contributed by atoms with Gasteiger partial charge in [0.25, 0.3) is 0 Å². The van der Waals surface area contributed by atoms with Crippen molar-refractivity contribution in [1.29, 1.82) is 0 Å². The summed E-state index contributed by atoms with van der Waals surface area (Å²) in [5, 5.41) is 9.79. The summed E-state index contributed by atoms with van der Waals surface area (Å²) in [6.07, 6.45) is 1.74. The van der Waals surface area contributed by atoms with E-state index in [9.17, 15) is 9.90 Å². The molecule has 1 heterocycles. The Bertz CT molecular complexity index is 935. The second-order valence-corrected chi connectivity index (χ2v) is 7.20. The molecule has 0 atom stereocenters. The monoisotopic (exact) mass is 484 g/mol. The average Bonchev–Trinajstić information content (AvgIpc) is 2.84. The van der Waals surface area contributed by atoms with E-state index in [-0.39, 0.29) is 10.8 Å². The van der Waals surface area contributed by atoms with Gasteiger partial charge in [-0.05, 0) is 73.3 Å². The number of aromatic hydroxyl groups is 1. The lowest BCUT2D eigenvalue weighted by Crippen LogP contribution is -1.93. The fourth-order valence-corrected chi connectivity index (χ4v) is 3.61. The lowest BCUT2D eigenvalue weighted by molar-refractivity contribution is -0.132. The molecule has 2 aromatic carbocycles. The number of allylic oxidation sites excluding steroid dienone is 1. The van der Waals surface area contributed by atoms with Crippen LogP contribution in [-0.2, 0) is 9.53 Å². The molecule has 0 amide bonds. The van der Waals surface area contributed by atoms with Crippen molar-refractivity contribution in [1.82, 2.24) is 0 Å². The van der Waals surface area contributed by atoms with Gasteiger partial charge in [0, 0.05) is 5.57 Å². The summed E-state index contributed by atoms with van der Waals surface area (Å²) in [4.78, 5) is 12.0. The van der Waals surface area contributed by atoms with Crippen LogP contribution in [0, 0.1) is 0 Å². The van der Waals surface area contributed by atoms with Crippen molar-refractivity contribution >= 4 is 61.1 Å². The molecule has 25 heavy (non-hydrogen) atoms. The van der Waals surface area contributed by atoms with Gasteiger partial charge in [-0.3, -0.25) is 0 Å². The number of phenolic OH excluding ortho intramolecular Hbond substituents is 1. The molecule has 0 saturated heterocycles. The third kappa shape index (κ3) is 3.61. The number of phenols is 1. The van der Waals surface area contributed by atoms with Crippen molar-refractivity contribution in [3.8, 4) is 11.5 Å². The van der Waals surface area contributed by atoms with E-state index in [1.807, 2.05) is 18.2 Å². The number of ether oxygens (including phenoxy) is 2. The van der Waals surface area contributed by atoms with Gasteiger partial charge in [-0.25, -0.2) is 4.79 Å². The second kappa shape index (κ2) is 7.23. The van der Waals surface area contributed by atoms with Gasteiger partial charge < -0.3 is 14.6 Å². The van der Waals surface area contributed by atoms with Crippen LogP contribution in [0.5, 0.6) is 11.5 Å². The zero-order valence-electron chi connectivity index (χ0n) is 12.8. The summed E-state index contributed by atoms with van der Waals surface area (Å²) in [5.41, 5.74) is 2.04. The van der Waals surface area contributed by atoms with Gasteiger partial charge in [-0.1, -0.05) is 23.7 Å². The van der Waals surface area contributed by atoms with Gasteiger partial charge in [0.15, 0.2) is 0 Å². The first-order valence-corrected chi connectivity index (χ1v) is 9.03. The summed E-state index contributed by atoms with van der Waals surface area (Å²) < 4.78 is 11.7. The van der Waals surface area contributed by atoms with E-state index < -0.39 is 5.97 Å². The van der Waals surface area contributed by atoms with E-state index in [1.54, 1.807) is 25.3 Å². The minimum absolute atomic E-state index is 0.0306. The van der Waals surface area contributed by atoms with Gasteiger partial charge in [0.2, 0.25) is 0 Å². The number of esters is 1. The van der Waals surface area contributed by atoms with E-state index in [2.05, 4.69) is 31.9 Å². The van der Waals surface area contributed by atoms with Crippen LogP contribution >= 0.6 is 43.5 Å². The van der Waals surface area contributed by atoms with Gasteiger partial charge >= 0.3 is 5.97 Å². The second-order valence-electron chi connectivity index (χ2n) is 5.15. The number of hydrogen-bond donors (Lipinski definition) is 1. The fraction of sp³-hybridized carbons (Fsp3) is 0.0556. The SMILES string of the molecule is COc1ccc(/C=C2\OC(=O)C(Br)=C2c2ccc(O)c(Cl)c2)cc1Br. The van der Waals surface area contributed by atoms with Crippen LogP contribution in [0.1, 0.15) is 11.1 Å². The van der Waals surface area contributed by atoms with Crippen molar-refractivity contribution in [2.75, 3.05) is 7.11 Å². The predicted molar refractivity (Wildman–Crippen MR) is 104 cm³/mol. The summed E-state index contributed by atoms with van der Waals surface area (Å²) >= 11 is 12.7. The molecule has 1 aliphatic heterocycles. The molecule has 7 heteroatoms. The number of hydrogen-bond acceptors (Lipinski definition) is 4. The number of carbonyl (C=O) groups excluding carboxylic acids is 1. The Kier molecular flexibility index (Phi) is 5.22. The lowest BCUT2D eigenvalue weighted by atomic mass is 10.0. The first-order chi connectivity index (χ1) is 11.9. The molecule has 0 radical (unpaired) electrons. The zero-order valence-corrected chi connectivity index (χ0v) is 16.8. The maximum atomic E-state index is 12.0.